The lowest BCUT2D eigenvalue weighted by molar-refractivity contribution is 0.269. The Morgan fingerprint density at radius 2 is 2.13 bits per heavy atom. The minimum atomic E-state index is 0.711. The topological polar surface area (TPSA) is 15.3 Å². The van der Waals surface area contributed by atoms with Gasteiger partial charge in [-0.2, -0.15) is 0 Å². The summed E-state index contributed by atoms with van der Waals surface area (Å²) in [6.07, 6.45) is 0. The summed E-state index contributed by atoms with van der Waals surface area (Å²) in [5, 5.41) is 3.52. The summed E-state index contributed by atoms with van der Waals surface area (Å²) >= 11 is 0. The van der Waals surface area contributed by atoms with Gasteiger partial charge in [0.15, 0.2) is 0 Å². The third kappa shape index (κ3) is 1.48. The molecule has 0 spiro atoms. The lowest BCUT2D eigenvalue weighted by Gasteiger charge is -2.37. The van der Waals surface area contributed by atoms with Gasteiger partial charge in [0.25, 0.3) is 0 Å². The number of hydrogen-bond donors (Lipinski definition) is 1. The van der Waals surface area contributed by atoms with Gasteiger partial charge in [0.1, 0.15) is 0 Å². The second kappa shape index (κ2) is 3.32. The van der Waals surface area contributed by atoms with Crippen LogP contribution in [-0.4, -0.2) is 25.0 Å². The summed E-state index contributed by atoms with van der Waals surface area (Å²) in [7, 11) is 2.22. The summed E-state index contributed by atoms with van der Waals surface area (Å²) in [5.74, 6) is 0.711. The van der Waals surface area contributed by atoms with Crippen molar-refractivity contribution in [1.82, 2.24) is 10.2 Å². The lowest BCUT2D eigenvalue weighted by Crippen LogP contribution is -2.39. The second-order valence-corrected chi connectivity index (χ2v) is 5.02. The number of hydrogen-bond acceptors (Lipinski definition) is 2. The van der Waals surface area contributed by atoms with Crippen molar-refractivity contribution in [2.45, 2.75) is 25.9 Å². The van der Waals surface area contributed by atoms with Crippen molar-refractivity contribution in [2.24, 2.45) is 0 Å². The van der Waals surface area contributed by atoms with E-state index in [1.807, 2.05) is 0 Å². The van der Waals surface area contributed by atoms with Crippen molar-refractivity contribution >= 4 is 0 Å². The maximum absolute atomic E-state index is 3.52. The molecule has 0 fully saturated rings. The van der Waals surface area contributed by atoms with E-state index >= 15 is 0 Å². The van der Waals surface area contributed by atoms with Crippen LogP contribution in [0.15, 0.2) is 12.1 Å². The van der Waals surface area contributed by atoms with E-state index in [4.69, 9.17) is 0 Å². The van der Waals surface area contributed by atoms with E-state index in [0.29, 0.717) is 5.92 Å². The Hall–Kier alpha value is -0.860. The number of aryl methyl sites for hydroxylation is 1. The molecule has 2 heterocycles. The fourth-order valence-electron chi connectivity index (χ4n) is 3.13. The van der Waals surface area contributed by atoms with Gasteiger partial charge in [-0.25, -0.2) is 0 Å². The highest BCUT2D eigenvalue weighted by Crippen LogP contribution is 2.33. The molecule has 0 radical (unpaired) electrons. The van der Waals surface area contributed by atoms with Crippen molar-refractivity contribution in [3.63, 3.8) is 0 Å². The summed E-state index contributed by atoms with van der Waals surface area (Å²) < 4.78 is 0. The highest BCUT2D eigenvalue weighted by Gasteiger charge is 2.28. The minimum absolute atomic E-state index is 0.711. The van der Waals surface area contributed by atoms with Gasteiger partial charge in [-0.05, 0) is 30.7 Å². The van der Waals surface area contributed by atoms with Crippen LogP contribution in [0.1, 0.15) is 28.2 Å². The van der Waals surface area contributed by atoms with Crippen LogP contribution in [0.5, 0.6) is 0 Å². The molecule has 0 aromatic heterocycles. The average molecular weight is 202 g/mol. The van der Waals surface area contributed by atoms with E-state index in [1.165, 1.54) is 17.7 Å². The van der Waals surface area contributed by atoms with E-state index < -0.39 is 0 Å². The Morgan fingerprint density at radius 1 is 1.33 bits per heavy atom. The fraction of sp³-hybridized carbons (Fsp3) is 0.538. The molecular formula is C13H18N2. The molecule has 3 rings (SSSR count). The van der Waals surface area contributed by atoms with E-state index in [9.17, 15) is 0 Å². The van der Waals surface area contributed by atoms with Gasteiger partial charge in [-0.15, -0.1) is 0 Å². The molecule has 0 bridgehead atoms. The zero-order valence-electron chi connectivity index (χ0n) is 9.51. The summed E-state index contributed by atoms with van der Waals surface area (Å²) in [5.41, 5.74) is 6.15. The highest BCUT2D eigenvalue weighted by molar-refractivity contribution is 5.44. The van der Waals surface area contributed by atoms with Gasteiger partial charge in [-0.3, -0.25) is 0 Å². The largest absolute Gasteiger partial charge is 0.312 e. The van der Waals surface area contributed by atoms with Crippen molar-refractivity contribution in [3.05, 3.63) is 34.4 Å². The summed E-state index contributed by atoms with van der Waals surface area (Å²) in [4.78, 5) is 2.43. The predicted molar refractivity (Wildman–Crippen MR) is 62.0 cm³/mol. The Balaban J connectivity index is 2.16. The Labute approximate surface area is 91.3 Å². The van der Waals surface area contributed by atoms with Gasteiger partial charge in [0, 0.05) is 32.1 Å². The number of nitrogens with one attached hydrogen (secondary N) is 1. The first kappa shape index (κ1) is 9.37. The molecule has 1 aromatic carbocycles. The molecule has 0 amide bonds. The SMILES string of the molecule is Cc1cc2c3c(c1)CN(C)CC3CNC2. The zero-order valence-corrected chi connectivity index (χ0v) is 9.51. The number of nitrogens with zero attached hydrogens (tertiary/aromatic N) is 1. The molecule has 80 valence electrons. The molecule has 2 aliphatic rings. The van der Waals surface area contributed by atoms with Crippen molar-refractivity contribution in [1.29, 1.82) is 0 Å². The average Bonchev–Trinajstić information content (AvgIpc) is 2.16. The Kier molecular flexibility index (Phi) is 2.08. The molecule has 0 saturated carbocycles. The van der Waals surface area contributed by atoms with Crippen molar-refractivity contribution in [2.75, 3.05) is 20.1 Å². The molecule has 0 aliphatic carbocycles. The zero-order chi connectivity index (χ0) is 10.4. The first-order valence-electron chi connectivity index (χ1n) is 5.75. The van der Waals surface area contributed by atoms with E-state index in [-0.39, 0.29) is 0 Å². The van der Waals surface area contributed by atoms with E-state index in [1.54, 1.807) is 11.1 Å². The first-order valence-corrected chi connectivity index (χ1v) is 5.75. The number of rotatable bonds is 0. The van der Waals surface area contributed by atoms with Gasteiger partial charge in [0.05, 0.1) is 0 Å². The maximum atomic E-state index is 3.52. The molecule has 2 nitrogen and oxygen atoms in total. The van der Waals surface area contributed by atoms with E-state index in [2.05, 4.69) is 36.3 Å². The Morgan fingerprint density at radius 3 is 3.00 bits per heavy atom. The lowest BCUT2D eigenvalue weighted by atomic mass is 9.83. The monoisotopic (exact) mass is 202 g/mol. The molecule has 0 saturated heterocycles. The van der Waals surface area contributed by atoms with Crippen molar-refractivity contribution < 1.29 is 0 Å². The summed E-state index contributed by atoms with van der Waals surface area (Å²) in [6, 6.07) is 4.72. The van der Waals surface area contributed by atoms with Crippen LogP contribution in [0.3, 0.4) is 0 Å². The van der Waals surface area contributed by atoms with Crippen molar-refractivity contribution in [3.8, 4) is 0 Å². The highest BCUT2D eigenvalue weighted by atomic mass is 15.1. The van der Waals surface area contributed by atoms with Crippen LogP contribution < -0.4 is 5.32 Å². The minimum Gasteiger partial charge on any atom is -0.312 e. The van der Waals surface area contributed by atoms with Crippen LogP contribution in [0.25, 0.3) is 0 Å². The standard InChI is InChI=1S/C13H18N2/c1-9-3-10-5-14-6-12-8-15(2)7-11(4-9)13(10)12/h3-4,12,14H,5-8H2,1-2H3. The van der Waals surface area contributed by atoms with Gasteiger partial charge in [-0.1, -0.05) is 17.7 Å². The molecule has 1 aromatic rings. The fourth-order valence-corrected chi connectivity index (χ4v) is 3.13. The molecule has 15 heavy (non-hydrogen) atoms. The predicted octanol–water partition coefficient (Wildman–Crippen LogP) is 1.63. The maximum Gasteiger partial charge on any atom is 0.0234 e. The van der Waals surface area contributed by atoms with Crippen LogP contribution in [0.4, 0.5) is 0 Å². The molecule has 1 N–H and O–H groups in total. The van der Waals surface area contributed by atoms with Gasteiger partial charge in [0.2, 0.25) is 0 Å². The third-order valence-corrected chi connectivity index (χ3v) is 3.58. The van der Waals surface area contributed by atoms with Crippen LogP contribution in [0, 0.1) is 6.92 Å². The Bertz CT molecular complexity index is 398. The van der Waals surface area contributed by atoms with E-state index in [0.717, 1.165) is 19.6 Å². The first-order chi connectivity index (χ1) is 7.24. The molecule has 1 atom stereocenters. The molecule has 2 heteroatoms. The third-order valence-electron chi connectivity index (χ3n) is 3.58. The van der Waals surface area contributed by atoms with Crippen LogP contribution >= 0.6 is 0 Å². The van der Waals surface area contributed by atoms with Gasteiger partial charge < -0.3 is 10.2 Å². The smallest absolute Gasteiger partial charge is 0.0234 e. The van der Waals surface area contributed by atoms with Gasteiger partial charge >= 0.3 is 0 Å². The molecule has 2 aliphatic heterocycles. The quantitative estimate of drug-likeness (QED) is 0.688. The number of likely N-dealkylation sites (N-methyl/N-ethyl adjacent to an activating group) is 1. The van der Waals surface area contributed by atoms with Crippen LogP contribution in [0.2, 0.25) is 0 Å². The molecular weight excluding hydrogens is 184 g/mol. The van der Waals surface area contributed by atoms with Crippen LogP contribution in [-0.2, 0) is 13.1 Å². The molecule has 1 unspecified atom stereocenters. The second-order valence-electron chi connectivity index (χ2n) is 5.02. The normalized spacial score (nSPS) is 25.1. The number of benzene rings is 1. The summed E-state index contributed by atoms with van der Waals surface area (Å²) in [6.45, 7) is 6.74.